The molecule has 3 aromatic carbocycles. The topological polar surface area (TPSA) is 84.1 Å². The van der Waals surface area contributed by atoms with Gasteiger partial charge in [-0.05, 0) is 37.1 Å². The number of ether oxygens (including phenoxy) is 1. The third-order valence-electron chi connectivity index (χ3n) is 4.88. The largest absolute Gasteiger partial charge is 0.442 e. The second kappa shape index (κ2) is 8.21. The Labute approximate surface area is 173 Å². The van der Waals surface area contributed by atoms with Crippen molar-refractivity contribution in [1.29, 1.82) is 0 Å². The van der Waals surface area contributed by atoms with Crippen molar-refractivity contribution >= 4 is 28.5 Å². The predicted molar refractivity (Wildman–Crippen MR) is 115 cm³/mol. The maximum absolute atomic E-state index is 13.1. The number of amides is 1. The summed E-state index contributed by atoms with van der Waals surface area (Å²) in [7, 11) is 0. The van der Waals surface area contributed by atoms with Gasteiger partial charge < -0.3 is 10.1 Å². The molecule has 0 unspecified atom stereocenters. The average Bonchev–Trinajstić information content (AvgIpc) is 3.19. The van der Waals surface area contributed by atoms with Crippen LogP contribution in [0.4, 0.5) is 5.69 Å². The quantitative estimate of drug-likeness (QED) is 0.476. The van der Waals surface area contributed by atoms with Gasteiger partial charge in [0.1, 0.15) is 0 Å². The van der Waals surface area contributed by atoms with Gasteiger partial charge in [0.05, 0.1) is 5.52 Å². The number of aryl methyl sites for hydroxylation is 2. The zero-order valence-electron chi connectivity index (χ0n) is 16.7. The first-order valence-electron chi connectivity index (χ1n) is 9.60. The molecule has 0 fully saturated rings. The van der Waals surface area contributed by atoms with E-state index in [0.717, 1.165) is 16.6 Å². The van der Waals surface area contributed by atoms with Crippen molar-refractivity contribution in [3.63, 3.8) is 0 Å². The molecule has 2 N–H and O–H groups in total. The van der Waals surface area contributed by atoms with Gasteiger partial charge in [0.25, 0.3) is 5.91 Å². The molecule has 0 aliphatic carbocycles. The third kappa shape index (κ3) is 3.93. The smallest absolute Gasteiger partial charge is 0.360 e. The van der Waals surface area contributed by atoms with Crippen molar-refractivity contribution in [3.8, 4) is 0 Å². The van der Waals surface area contributed by atoms with Crippen LogP contribution in [-0.4, -0.2) is 22.1 Å². The Balaban J connectivity index is 1.64. The Kier molecular flexibility index (Phi) is 5.30. The van der Waals surface area contributed by atoms with Crippen LogP contribution in [0, 0.1) is 13.8 Å². The molecule has 0 spiro atoms. The summed E-state index contributed by atoms with van der Waals surface area (Å²) in [5, 5.41) is 10.4. The van der Waals surface area contributed by atoms with E-state index >= 15 is 0 Å². The highest BCUT2D eigenvalue weighted by molar-refractivity contribution is 6.04. The summed E-state index contributed by atoms with van der Waals surface area (Å²) in [6, 6.07) is 22.0. The standard InChI is InChI=1S/C24H21N3O3/c1-15-12-13-16(2)20(14-15)25-23(28)22(17-8-4-3-5-9-17)30-24(29)21-18-10-6-7-11-19(18)26-27-21/h3-14,22H,1-2H3,(H,25,28)(H,26,27)/t22-/m1/s1. The number of nitrogens with zero attached hydrogens (tertiary/aromatic N) is 1. The van der Waals surface area contributed by atoms with Crippen molar-refractivity contribution in [2.75, 3.05) is 5.32 Å². The van der Waals surface area contributed by atoms with Crippen LogP contribution in [0.3, 0.4) is 0 Å². The summed E-state index contributed by atoms with van der Waals surface area (Å²) in [6.45, 7) is 3.86. The lowest BCUT2D eigenvalue weighted by Gasteiger charge is -2.18. The fourth-order valence-electron chi connectivity index (χ4n) is 3.25. The Hall–Kier alpha value is -3.93. The van der Waals surface area contributed by atoms with E-state index < -0.39 is 18.0 Å². The normalized spacial score (nSPS) is 11.8. The highest BCUT2D eigenvalue weighted by Crippen LogP contribution is 2.25. The SMILES string of the molecule is Cc1ccc(C)c(NC(=O)[C@H](OC(=O)c2n[nH]c3ccccc23)c2ccccc2)c1. The van der Waals surface area contributed by atoms with Gasteiger partial charge in [-0.25, -0.2) is 4.79 Å². The Morgan fingerprint density at radius 1 is 0.967 bits per heavy atom. The van der Waals surface area contributed by atoms with Crippen LogP contribution in [0.1, 0.15) is 33.3 Å². The highest BCUT2D eigenvalue weighted by Gasteiger charge is 2.28. The van der Waals surface area contributed by atoms with Gasteiger partial charge in [-0.3, -0.25) is 9.89 Å². The number of rotatable bonds is 5. The van der Waals surface area contributed by atoms with Crippen LogP contribution in [0.25, 0.3) is 10.9 Å². The number of nitrogens with one attached hydrogen (secondary N) is 2. The van der Waals surface area contributed by atoms with Gasteiger partial charge in [-0.2, -0.15) is 5.10 Å². The minimum Gasteiger partial charge on any atom is -0.442 e. The molecule has 1 amide bonds. The fraction of sp³-hybridized carbons (Fsp3) is 0.125. The van der Waals surface area contributed by atoms with Gasteiger partial charge in [0.2, 0.25) is 6.10 Å². The summed E-state index contributed by atoms with van der Waals surface area (Å²) in [5.41, 5.74) is 4.07. The number of fused-ring (bicyclic) bond motifs is 1. The first-order valence-corrected chi connectivity index (χ1v) is 9.60. The molecule has 6 heteroatoms. The molecule has 0 aliphatic heterocycles. The molecule has 1 atom stereocenters. The molecule has 0 radical (unpaired) electrons. The van der Waals surface area contributed by atoms with Gasteiger partial charge in [0.15, 0.2) is 5.69 Å². The lowest BCUT2D eigenvalue weighted by Crippen LogP contribution is -2.26. The van der Waals surface area contributed by atoms with Gasteiger partial charge in [-0.1, -0.05) is 60.7 Å². The second-order valence-electron chi connectivity index (χ2n) is 7.12. The maximum atomic E-state index is 13.1. The molecule has 0 saturated heterocycles. The summed E-state index contributed by atoms with van der Waals surface area (Å²) >= 11 is 0. The van der Waals surface area contributed by atoms with Crippen LogP contribution in [0.2, 0.25) is 0 Å². The summed E-state index contributed by atoms with van der Waals surface area (Å²) < 4.78 is 5.66. The maximum Gasteiger partial charge on any atom is 0.360 e. The first-order chi connectivity index (χ1) is 14.5. The Morgan fingerprint density at radius 3 is 2.50 bits per heavy atom. The van der Waals surface area contributed by atoms with Gasteiger partial charge in [-0.15, -0.1) is 0 Å². The van der Waals surface area contributed by atoms with Crippen LogP contribution in [0.5, 0.6) is 0 Å². The minimum absolute atomic E-state index is 0.145. The lowest BCUT2D eigenvalue weighted by molar-refractivity contribution is -0.125. The molecular weight excluding hydrogens is 378 g/mol. The Morgan fingerprint density at radius 2 is 1.70 bits per heavy atom. The zero-order valence-corrected chi connectivity index (χ0v) is 16.7. The molecule has 0 aliphatic rings. The summed E-state index contributed by atoms with van der Waals surface area (Å²) in [5.74, 6) is -1.10. The van der Waals surface area contributed by atoms with Crippen molar-refractivity contribution in [3.05, 3.63) is 95.2 Å². The highest BCUT2D eigenvalue weighted by atomic mass is 16.5. The molecule has 150 valence electrons. The van der Waals surface area contributed by atoms with E-state index in [0.29, 0.717) is 16.6 Å². The fourth-order valence-corrected chi connectivity index (χ4v) is 3.25. The number of anilines is 1. The van der Waals surface area contributed by atoms with E-state index in [4.69, 9.17) is 4.74 Å². The number of carbonyl (C=O) groups is 2. The van der Waals surface area contributed by atoms with Crippen molar-refractivity contribution in [2.24, 2.45) is 0 Å². The number of hydrogen-bond donors (Lipinski definition) is 2. The van der Waals surface area contributed by atoms with E-state index in [2.05, 4.69) is 15.5 Å². The van der Waals surface area contributed by atoms with E-state index in [1.165, 1.54) is 0 Å². The predicted octanol–water partition coefficient (Wildman–Crippen LogP) is 4.72. The number of H-pyrrole nitrogens is 1. The van der Waals surface area contributed by atoms with Crippen LogP contribution in [-0.2, 0) is 9.53 Å². The minimum atomic E-state index is -1.12. The lowest BCUT2D eigenvalue weighted by atomic mass is 10.1. The number of esters is 1. The van der Waals surface area contributed by atoms with E-state index in [9.17, 15) is 9.59 Å². The molecule has 4 aromatic rings. The van der Waals surface area contributed by atoms with Gasteiger partial charge in [0, 0.05) is 16.6 Å². The molecule has 0 saturated carbocycles. The third-order valence-corrected chi connectivity index (χ3v) is 4.88. The molecule has 6 nitrogen and oxygen atoms in total. The van der Waals surface area contributed by atoms with Crippen LogP contribution in [0.15, 0.2) is 72.8 Å². The molecule has 4 rings (SSSR count). The van der Waals surface area contributed by atoms with E-state index in [-0.39, 0.29) is 5.69 Å². The average molecular weight is 399 g/mol. The van der Waals surface area contributed by atoms with Crippen molar-refractivity contribution < 1.29 is 14.3 Å². The van der Waals surface area contributed by atoms with Gasteiger partial charge >= 0.3 is 5.97 Å². The molecule has 0 bridgehead atoms. The Bertz CT molecular complexity index is 1210. The molecule has 1 aromatic heterocycles. The zero-order chi connectivity index (χ0) is 21.1. The number of aromatic nitrogens is 2. The monoisotopic (exact) mass is 399 g/mol. The molecule has 1 heterocycles. The number of aromatic amines is 1. The van der Waals surface area contributed by atoms with E-state index in [1.807, 2.05) is 56.3 Å². The number of para-hydroxylation sites is 1. The van der Waals surface area contributed by atoms with Crippen molar-refractivity contribution in [1.82, 2.24) is 10.2 Å². The number of benzene rings is 3. The van der Waals surface area contributed by atoms with Crippen LogP contribution < -0.4 is 5.32 Å². The number of hydrogen-bond acceptors (Lipinski definition) is 4. The van der Waals surface area contributed by atoms with Crippen LogP contribution >= 0.6 is 0 Å². The van der Waals surface area contributed by atoms with E-state index in [1.54, 1.807) is 30.3 Å². The molecular formula is C24H21N3O3. The second-order valence-corrected chi connectivity index (χ2v) is 7.12. The first kappa shape index (κ1) is 19.4. The molecule has 30 heavy (non-hydrogen) atoms. The number of carbonyl (C=O) groups excluding carboxylic acids is 2. The summed E-state index contributed by atoms with van der Waals surface area (Å²) in [4.78, 5) is 26.0. The van der Waals surface area contributed by atoms with Crippen molar-refractivity contribution in [2.45, 2.75) is 20.0 Å². The summed E-state index contributed by atoms with van der Waals surface area (Å²) in [6.07, 6.45) is -1.12.